The van der Waals surface area contributed by atoms with Crippen molar-refractivity contribution in [2.75, 3.05) is 23.9 Å². The van der Waals surface area contributed by atoms with Gasteiger partial charge in [0.25, 0.3) is 5.91 Å². The first-order valence-corrected chi connectivity index (χ1v) is 18.9. The van der Waals surface area contributed by atoms with E-state index in [1.165, 1.54) is 14.9 Å². The van der Waals surface area contributed by atoms with Crippen molar-refractivity contribution in [1.29, 1.82) is 0 Å². The molecule has 1 aromatic heterocycles. The summed E-state index contributed by atoms with van der Waals surface area (Å²) in [7, 11) is -3.81. The zero-order chi connectivity index (χ0) is 34.8. The number of carbonyl (C=O) groups is 1. The van der Waals surface area contributed by atoms with Gasteiger partial charge < -0.3 is 4.74 Å². The van der Waals surface area contributed by atoms with Crippen molar-refractivity contribution >= 4 is 45.2 Å². The number of thioether (sulfide) groups is 1. The number of benzene rings is 4. The molecule has 0 N–H and O–H groups in total. The Morgan fingerprint density at radius 1 is 0.860 bits per heavy atom. The number of para-hydroxylation sites is 2. The average Bonchev–Trinajstić information content (AvgIpc) is 3.69. The normalized spacial score (nSPS) is 19.3. The lowest BCUT2D eigenvalue weighted by molar-refractivity contribution is -0.114. The number of hydrogen-bond donors (Lipinski definition) is 0. The van der Waals surface area contributed by atoms with Gasteiger partial charge >= 0.3 is 0 Å². The molecular weight excluding hydrogens is 667 g/mol. The third kappa shape index (κ3) is 7.08. The summed E-state index contributed by atoms with van der Waals surface area (Å²) >= 11 is 1.61. The summed E-state index contributed by atoms with van der Waals surface area (Å²) in [5, 5.41) is 11.2. The zero-order valence-corrected chi connectivity index (χ0v) is 29.6. The van der Waals surface area contributed by atoms with Crippen LogP contribution in [0.2, 0.25) is 0 Å². The second-order valence-electron chi connectivity index (χ2n) is 12.5. The Kier molecular flexibility index (Phi) is 9.56. The Morgan fingerprint density at radius 3 is 2.20 bits per heavy atom. The van der Waals surface area contributed by atoms with Crippen LogP contribution in [0.4, 0.5) is 5.69 Å². The van der Waals surface area contributed by atoms with E-state index in [2.05, 4.69) is 31.2 Å². The summed E-state index contributed by atoms with van der Waals surface area (Å²) in [6.07, 6.45) is 3.27. The molecule has 1 saturated heterocycles. The smallest absolute Gasteiger partial charge is 0.280 e. The maximum atomic E-state index is 14.1. The molecule has 11 heteroatoms. The minimum atomic E-state index is -3.81. The molecule has 4 aromatic carbocycles. The SMILES string of the molecule is Cc1ccc(SCC2=NN(c3ccccc3)C(=O)C2=Cc2cn(-c3ccccc3)nc2-c2cccc(S(=O)(=O)N3CC(C)OC(C)C3)c2)cc1. The van der Waals surface area contributed by atoms with E-state index in [9.17, 15) is 13.2 Å². The highest BCUT2D eigenvalue weighted by Crippen LogP contribution is 2.33. The van der Waals surface area contributed by atoms with Crippen LogP contribution in [0, 0.1) is 6.92 Å². The van der Waals surface area contributed by atoms with Crippen molar-refractivity contribution in [2.24, 2.45) is 5.10 Å². The fraction of sp³-hybridized carbons (Fsp3) is 0.205. The van der Waals surface area contributed by atoms with Crippen molar-refractivity contribution in [1.82, 2.24) is 14.1 Å². The first-order chi connectivity index (χ1) is 24.2. The molecule has 0 aliphatic carbocycles. The maximum Gasteiger partial charge on any atom is 0.280 e. The lowest BCUT2D eigenvalue weighted by atomic mass is 10.0. The van der Waals surface area contributed by atoms with Gasteiger partial charge in [0.2, 0.25) is 10.0 Å². The van der Waals surface area contributed by atoms with Gasteiger partial charge in [0, 0.05) is 41.1 Å². The predicted octanol–water partition coefficient (Wildman–Crippen LogP) is 7.22. The van der Waals surface area contributed by atoms with Gasteiger partial charge in [-0.05, 0) is 75.4 Å². The minimum Gasteiger partial charge on any atom is -0.373 e. The highest BCUT2D eigenvalue weighted by molar-refractivity contribution is 8.00. The number of morpholine rings is 1. The van der Waals surface area contributed by atoms with Gasteiger partial charge in [-0.2, -0.15) is 19.5 Å². The molecule has 9 nitrogen and oxygen atoms in total. The molecule has 7 rings (SSSR count). The second kappa shape index (κ2) is 14.2. The number of hydrogen-bond acceptors (Lipinski definition) is 7. The predicted molar refractivity (Wildman–Crippen MR) is 199 cm³/mol. The summed E-state index contributed by atoms with van der Waals surface area (Å²) in [5.74, 6) is 0.219. The summed E-state index contributed by atoms with van der Waals surface area (Å²) in [4.78, 5) is 15.4. The fourth-order valence-corrected chi connectivity index (χ4v) is 8.59. The highest BCUT2D eigenvalue weighted by Gasteiger charge is 2.34. The van der Waals surface area contributed by atoms with Crippen LogP contribution in [-0.2, 0) is 19.6 Å². The Hall–Kier alpha value is -4.81. The molecular formula is C39H37N5O4S2. The topological polar surface area (TPSA) is 97.1 Å². The molecule has 2 unspecified atom stereocenters. The van der Waals surface area contributed by atoms with Gasteiger partial charge in [-0.25, -0.2) is 13.1 Å². The van der Waals surface area contributed by atoms with E-state index in [0.29, 0.717) is 39.5 Å². The quantitative estimate of drug-likeness (QED) is 0.119. The first-order valence-electron chi connectivity index (χ1n) is 16.5. The molecule has 0 radical (unpaired) electrons. The maximum absolute atomic E-state index is 14.1. The number of carbonyl (C=O) groups excluding carboxylic acids is 1. The first kappa shape index (κ1) is 33.7. The van der Waals surface area contributed by atoms with Gasteiger partial charge in [0.05, 0.1) is 39.8 Å². The molecule has 0 bridgehead atoms. The van der Waals surface area contributed by atoms with E-state index in [4.69, 9.17) is 14.9 Å². The molecule has 1 fully saturated rings. The number of rotatable bonds is 9. The van der Waals surface area contributed by atoms with Crippen molar-refractivity contribution in [3.05, 3.63) is 132 Å². The zero-order valence-electron chi connectivity index (χ0n) is 28.0. The van der Waals surface area contributed by atoms with Crippen LogP contribution in [-0.4, -0.2) is 65.2 Å². The minimum absolute atomic E-state index is 0.174. The van der Waals surface area contributed by atoms with E-state index in [1.807, 2.05) is 92.9 Å². The van der Waals surface area contributed by atoms with Crippen LogP contribution in [0.15, 0.2) is 136 Å². The summed E-state index contributed by atoms with van der Waals surface area (Å²) in [5.41, 5.74) is 5.56. The molecule has 1 amide bonds. The molecule has 2 aliphatic rings. The largest absolute Gasteiger partial charge is 0.373 e. The van der Waals surface area contributed by atoms with E-state index in [-0.39, 0.29) is 36.1 Å². The Morgan fingerprint density at radius 2 is 1.52 bits per heavy atom. The van der Waals surface area contributed by atoms with E-state index in [1.54, 1.807) is 34.6 Å². The molecule has 0 spiro atoms. The number of amides is 1. The van der Waals surface area contributed by atoms with Crippen molar-refractivity contribution in [3.63, 3.8) is 0 Å². The van der Waals surface area contributed by atoms with Crippen LogP contribution >= 0.6 is 11.8 Å². The number of hydrazone groups is 1. The molecule has 0 saturated carbocycles. The molecule has 5 aromatic rings. The van der Waals surface area contributed by atoms with Crippen molar-refractivity contribution in [2.45, 2.75) is 42.8 Å². The molecule has 2 atom stereocenters. The van der Waals surface area contributed by atoms with Crippen LogP contribution < -0.4 is 5.01 Å². The van der Waals surface area contributed by atoms with E-state index in [0.717, 1.165) is 10.6 Å². The average molecular weight is 704 g/mol. The van der Waals surface area contributed by atoms with Gasteiger partial charge in [0.15, 0.2) is 0 Å². The Bertz CT molecular complexity index is 2170. The number of sulfonamides is 1. The van der Waals surface area contributed by atoms with Crippen molar-refractivity contribution < 1.29 is 17.9 Å². The Labute approximate surface area is 296 Å². The number of nitrogens with zero attached hydrogens (tertiary/aromatic N) is 5. The van der Waals surface area contributed by atoms with Gasteiger partial charge in [-0.1, -0.05) is 66.2 Å². The number of aryl methyl sites for hydroxylation is 1. The van der Waals surface area contributed by atoms with Crippen molar-refractivity contribution in [3.8, 4) is 16.9 Å². The Balaban J connectivity index is 1.31. The van der Waals surface area contributed by atoms with Crippen LogP contribution in [0.1, 0.15) is 25.0 Å². The van der Waals surface area contributed by atoms with Crippen LogP contribution in [0.25, 0.3) is 23.0 Å². The number of ether oxygens (including phenoxy) is 1. The second-order valence-corrected chi connectivity index (χ2v) is 15.5. The fourth-order valence-electron chi connectivity index (χ4n) is 6.11. The summed E-state index contributed by atoms with van der Waals surface area (Å²) in [6, 6.07) is 34.2. The lowest BCUT2D eigenvalue weighted by Gasteiger charge is -2.34. The van der Waals surface area contributed by atoms with E-state index >= 15 is 0 Å². The highest BCUT2D eigenvalue weighted by atomic mass is 32.2. The summed E-state index contributed by atoms with van der Waals surface area (Å²) in [6.45, 7) is 6.36. The summed E-state index contributed by atoms with van der Waals surface area (Å²) < 4.78 is 36.8. The van der Waals surface area contributed by atoms with Gasteiger partial charge in [-0.15, -0.1) is 11.8 Å². The van der Waals surface area contributed by atoms with Gasteiger partial charge in [-0.3, -0.25) is 4.79 Å². The third-order valence-corrected chi connectivity index (χ3v) is 11.4. The molecule has 3 heterocycles. The molecule has 50 heavy (non-hydrogen) atoms. The van der Waals surface area contributed by atoms with Crippen LogP contribution in [0.3, 0.4) is 0 Å². The number of anilines is 1. The molecule has 2 aliphatic heterocycles. The van der Waals surface area contributed by atoms with E-state index < -0.39 is 10.0 Å². The standard InChI is InChI=1S/C39H37N5O4S2/c1-27-17-19-34(20-18-27)49-26-37-36(39(45)44(40-37)33-14-8-5-9-15-33)22-31-25-43(32-12-6-4-7-13-32)41-38(31)30-11-10-16-35(21-30)50(46,47)42-23-28(2)48-29(3)24-42/h4-22,25,28-29H,23-24,26H2,1-3H3. The van der Waals surface area contributed by atoms with Gasteiger partial charge in [0.1, 0.15) is 5.69 Å². The lowest BCUT2D eigenvalue weighted by Crippen LogP contribution is -2.48. The monoisotopic (exact) mass is 703 g/mol. The van der Waals surface area contributed by atoms with Crippen LogP contribution in [0.5, 0.6) is 0 Å². The molecule has 254 valence electrons. The third-order valence-electron chi connectivity index (χ3n) is 8.55. The number of aromatic nitrogens is 2.